The molecule has 1 aliphatic heterocycles. The van der Waals surface area contributed by atoms with Gasteiger partial charge in [0, 0.05) is 23.7 Å². The van der Waals surface area contributed by atoms with Crippen molar-refractivity contribution >= 4 is 29.1 Å². The molecular weight excluding hydrogens is 428 g/mol. The summed E-state index contributed by atoms with van der Waals surface area (Å²) in [6.07, 6.45) is 0.887. The second-order valence-electron chi connectivity index (χ2n) is 8.17. The zero-order valence-corrected chi connectivity index (χ0v) is 19.6. The van der Waals surface area contributed by atoms with Crippen molar-refractivity contribution in [3.8, 4) is 5.75 Å². The van der Waals surface area contributed by atoms with Gasteiger partial charge < -0.3 is 19.6 Å². The smallest absolute Gasteiger partial charge is 0.295 e. The van der Waals surface area contributed by atoms with Gasteiger partial charge in [-0.2, -0.15) is 0 Å². The third-order valence-corrected chi connectivity index (χ3v) is 5.69. The number of hydrogen-bond acceptors (Lipinski definition) is 5. The van der Waals surface area contributed by atoms with Crippen molar-refractivity contribution in [1.29, 1.82) is 0 Å². The van der Waals surface area contributed by atoms with Gasteiger partial charge in [0.15, 0.2) is 0 Å². The summed E-state index contributed by atoms with van der Waals surface area (Å²) in [5.41, 5.74) is 2.06. The number of aliphatic hydroxyl groups is 1. The number of carbonyl (C=O) groups is 2. The Morgan fingerprint density at radius 3 is 2.44 bits per heavy atom. The highest BCUT2D eigenvalue weighted by Gasteiger charge is 2.46. The predicted molar refractivity (Wildman–Crippen MR) is 126 cm³/mol. The van der Waals surface area contributed by atoms with Gasteiger partial charge in [0.05, 0.1) is 18.2 Å². The molecule has 0 aliphatic carbocycles. The average Bonchev–Trinajstić information content (AvgIpc) is 3.01. The summed E-state index contributed by atoms with van der Waals surface area (Å²) in [6, 6.07) is 11.6. The summed E-state index contributed by atoms with van der Waals surface area (Å²) < 4.78 is 5.66. The molecule has 32 heavy (non-hydrogen) atoms. The van der Waals surface area contributed by atoms with Crippen LogP contribution in [0.3, 0.4) is 0 Å². The zero-order chi connectivity index (χ0) is 23.4. The molecule has 3 rings (SSSR count). The predicted octanol–water partition coefficient (Wildman–Crippen LogP) is 4.42. The van der Waals surface area contributed by atoms with E-state index >= 15 is 0 Å². The van der Waals surface area contributed by atoms with Crippen molar-refractivity contribution < 1.29 is 19.4 Å². The third-order valence-electron chi connectivity index (χ3n) is 5.44. The number of aliphatic hydroxyl groups excluding tert-OH is 1. The van der Waals surface area contributed by atoms with Crippen molar-refractivity contribution in [3.05, 3.63) is 69.8 Å². The molecule has 2 aromatic rings. The van der Waals surface area contributed by atoms with Gasteiger partial charge in [-0.1, -0.05) is 30.7 Å². The first-order valence-corrected chi connectivity index (χ1v) is 11.0. The second kappa shape index (κ2) is 10.2. The van der Waals surface area contributed by atoms with Crippen LogP contribution in [0.15, 0.2) is 48.0 Å². The molecule has 1 amide bonds. The van der Waals surface area contributed by atoms with Crippen molar-refractivity contribution in [2.75, 3.05) is 33.8 Å². The van der Waals surface area contributed by atoms with Crippen molar-refractivity contribution in [2.24, 2.45) is 0 Å². The van der Waals surface area contributed by atoms with Gasteiger partial charge in [-0.05, 0) is 68.9 Å². The van der Waals surface area contributed by atoms with Gasteiger partial charge in [-0.3, -0.25) is 9.59 Å². The summed E-state index contributed by atoms with van der Waals surface area (Å²) in [4.78, 5) is 29.5. The number of Topliss-reactive ketones (excluding diaryl/α,β-unsaturated/α-hetero) is 1. The SMILES string of the molecule is CCCOc1ccc(C(O)=C2C(=O)C(=O)N(CCN(C)C)C2c2ccc(Cl)cc2)c(C)c1. The fourth-order valence-electron chi connectivity index (χ4n) is 3.77. The minimum absolute atomic E-state index is 0.0846. The second-order valence-corrected chi connectivity index (χ2v) is 8.61. The number of rotatable bonds is 8. The molecule has 1 saturated heterocycles. The normalized spacial score (nSPS) is 17.9. The Morgan fingerprint density at radius 2 is 1.84 bits per heavy atom. The Hall–Kier alpha value is -2.83. The number of hydrogen-bond donors (Lipinski definition) is 1. The van der Waals surface area contributed by atoms with Crippen LogP contribution < -0.4 is 4.74 Å². The molecule has 1 aliphatic rings. The molecule has 1 unspecified atom stereocenters. The maximum Gasteiger partial charge on any atom is 0.295 e. The minimum atomic E-state index is -0.692. The highest BCUT2D eigenvalue weighted by molar-refractivity contribution is 6.46. The maximum atomic E-state index is 13.1. The molecule has 170 valence electrons. The third kappa shape index (κ3) is 4.97. The summed E-state index contributed by atoms with van der Waals surface area (Å²) in [6.45, 7) is 5.40. The Bertz CT molecular complexity index is 1030. The van der Waals surface area contributed by atoms with Crippen LogP contribution in [0, 0.1) is 6.92 Å². The molecule has 7 heteroatoms. The van der Waals surface area contributed by atoms with E-state index in [1.54, 1.807) is 36.4 Å². The Kier molecular flexibility index (Phi) is 7.59. The lowest BCUT2D eigenvalue weighted by Crippen LogP contribution is -2.35. The molecule has 0 saturated carbocycles. The highest BCUT2D eigenvalue weighted by atomic mass is 35.5. The Balaban J connectivity index is 2.10. The van der Waals surface area contributed by atoms with Gasteiger partial charge in [0.25, 0.3) is 11.7 Å². The Morgan fingerprint density at radius 1 is 1.16 bits per heavy atom. The number of likely N-dealkylation sites (tertiary alicyclic amines) is 1. The Labute approximate surface area is 194 Å². The van der Waals surface area contributed by atoms with Gasteiger partial charge >= 0.3 is 0 Å². The van der Waals surface area contributed by atoms with Crippen LogP contribution in [0.5, 0.6) is 5.75 Å². The van der Waals surface area contributed by atoms with E-state index in [1.165, 1.54) is 4.90 Å². The number of likely N-dealkylation sites (N-methyl/N-ethyl adjacent to an activating group) is 1. The van der Waals surface area contributed by atoms with E-state index < -0.39 is 17.7 Å². The molecule has 0 radical (unpaired) electrons. The van der Waals surface area contributed by atoms with Gasteiger partial charge in [0.1, 0.15) is 11.5 Å². The van der Waals surface area contributed by atoms with E-state index in [4.69, 9.17) is 16.3 Å². The first kappa shape index (κ1) is 23.8. The molecule has 6 nitrogen and oxygen atoms in total. The van der Waals surface area contributed by atoms with E-state index in [0.29, 0.717) is 36.0 Å². The molecular formula is C25H29ClN2O4. The summed E-state index contributed by atoms with van der Waals surface area (Å²) in [5, 5.41) is 11.8. The maximum absolute atomic E-state index is 13.1. The average molecular weight is 457 g/mol. The number of ketones is 1. The van der Waals surface area contributed by atoms with Crippen LogP contribution in [-0.2, 0) is 9.59 Å². The van der Waals surface area contributed by atoms with E-state index in [0.717, 1.165) is 17.5 Å². The van der Waals surface area contributed by atoms with Crippen LogP contribution >= 0.6 is 11.6 Å². The monoisotopic (exact) mass is 456 g/mol. The minimum Gasteiger partial charge on any atom is -0.507 e. The fourth-order valence-corrected chi connectivity index (χ4v) is 3.89. The molecule has 0 spiro atoms. The number of nitrogens with zero attached hydrogens (tertiary/aromatic N) is 2. The first-order valence-electron chi connectivity index (χ1n) is 10.7. The highest BCUT2D eigenvalue weighted by Crippen LogP contribution is 2.40. The van der Waals surface area contributed by atoms with Crippen molar-refractivity contribution in [3.63, 3.8) is 0 Å². The van der Waals surface area contributed by atoms with E-state index in [2.05, 4.69) is 0 Å². The number of amides is 1. The summed E-state index contributed by atoms with van der Waals surface area (Å²) in [7, 11) is 3.80. The van der Waals surface area contributed by atoms with Crippen LogP contribution in [0.4, 0.5) is 0 Å². The van der Waals surface area contributed by atoms with Crippen LogP contribution in [0.25, 0.3) is 5.76 Å². The molecule has 1 atom stereocenters. The number of aryl methyl sites for hydroxylation is 1. The van der Waals surface area contributed by atoms with E-state index in [1.807, 2.05) is 38.9 Å². The van der Waals surface area contributed by atoms with E-state index in [9.17, 15) is 14.7 Å². The topological polar surface area (TPSA) is 70.1 Å². The lowest BCUT2D eigenvalue weighted by molar-refractivity contribution is -0.140. The largest absolute Gasteiger partial charge is 0.507 e. The van der Waals surface area contributed by atoms with Crippen molar-refractivity contribution in [1.82, 2.24) is 9.80 Å². The fraction of sp³-hybridized carbons (Fsp3) is 0.360. The lowest BCUT2D eigenvalue weighted by Gasteiger charge is -2.26. The molecule has 2 aromatic carbocycles. The number of ether oxygens (including phenoxy) is 1. The molecule has 1 N–H and O–H groups in total. The number of benzene rings is 2. The lowest BCUT2D eigenvalue weighted by atomic mass is 9.94. The molecule has 1 heterocycles. The van der Waals surface area contributed by atoms with Crippen LogP contribution in [-0.4, -0.2) is 60.4 Å². The van der Waals surface area contributed by atoms with Gasteiger partial charge in [-0.25, -0.2) is 0 Å². The first-order chi connectivity index (χ1) is 15.2. The number of carbonyl (C=O) groups excluding carboxylic acids is 2. The zero-order valence-electron chi connectivity index (χ0n) is 18.9. The number of halogens is 1. The van der Waals surface area contributed by atoms with Crippen LogP contribution in [0.1, 0.15) is 36.1 Å². The van der Waals surface area contributed by atoms with Gasteiger partial charge in [-0.15, -0.1) is 0 Å². The van der Waals surface area contributed by atoms with Crippen LogP contribution in [0.2, 0.25) is 5.02 Å². The molecule has 0 aromatic heterocycles. The molecule has 1 fully saturated rings. The standard InChI is InChI=1S/C25H29ClN2O4/c1-5-14-32-19-10-11-20(16(2)15-19)23(29)21-22(17-6-8-18(26)9-7-17)28(13-12-27(3)4)25(31)24(21)30/h6-11,15,22,29H,5,12-14H2,1-4H3. The summed E-state index contributed by atoms with van der Waals surface area (Å²) in [5.74, 6) is -0.794. The van der Waals surface area contributed by atoms with E-state index in [-0.39, 0.29) is 11.3 Å². The quantitative estimate of drug-likeness (QED) is 0.361. The van der Waals surface area contributed by atoms with Crippen molar-refractivity contribution in [2.45, 2.75) is 26.3 Å². The van der Waals surface area contributed by atoms with Gasteiger partial charge in [0.2, 0.25) is 0 Å². The molecule has 0 bridgehead atoms. The summed E-state index contributed by atoms with van der Waals surface area (Å²) >= 11 is 6.05.